The van der Waals surface area contributed by atoms with Gasteiger partial charge in [0.2, 0.25) is 0 Å². The number of allylic oxidation sites excluding steroid dienone is 2. The highest BCUT2D eigenvalue weighted by molar-refractivity contribution is 7.13. The van der Waals surface area contributed by atoms with E-state index in [0.717, 1.165) is 17.4 Å². The van der Waals surface area contributed by atoms with Crippen molar-refractivity contribution in [1.29, 1.82) is 0 Å². The lowest BCUT2D eigenvalue weighted by Crippen LogP contribution is -2.49. The van der Waals surface area contributed by atoms with Crippen molar-refractivity contribution < 1.29 is 31.1 Å². The molecular weight excluding hydrogens is 428 g/mol. The second kappa shape index (κ2) is 6.23. The van der Waals surface area contributed by atoms with Gasteiger partial charge in [-0.05, 0) is 31.5 Å². The van der Waals surface area contributed by atoms with E-state index < -0.39 is 34.5 Å². The summed E-state index contributed by atoms with van der Waals surface area (Å²) in [6.07, 6.45) is 0.369. The zero-order chi connectivity index (χ0) is 22.2. The molecule has 0 amide bonds. The predicted molar refractivity (Wildman–Crippen MR) is 104 cm³/mol. The average molecular weight is 443 g/mol. The van der Waals surface area contributed by atoms with E-state index in [2.05, 4.69) is 0 Å². The Morgan fingerprint density at radius 2 is 1.57 bits per heavy atom. The molecule has 1 aromatic carbocycles. The van der Waals surface area contributed by atoms with Crippen molar-refractivity contribution in [3.05, 3.63) is 56.9 Å². The summed E-state index contributed by atoms with van der Waals surface area (Å²) in [6, 6.07) is 7.15. The molecule has 2 nitrogen and oxygen atoms in total. The van der Waals surface area contributed by atoms with E-state index in [-0.39, 0.29) is 26.4 Å². The van der Waals surface area contributed by atoms with Crippen LogP contribution in [-0.2, 0) is 7.05 Å². The van der Waals surface area contributed by atoms with Gasteiger partial charge in [-0.25, -0.2) is 0 Å². The number of fused-ring (bicyclic) bond motifs is 1. The highest BCUT2D eigenvalue weighted by atomic mass is 32.1. The molecule has 158 valence electrons. The maximum Gasteiger partial charge on any atom is 0.380 e. The molecule has 0 bridgehead atoms. The molecule has 0 aliphatic heterocycles. The molecule has 0 fully saturated rings. The standard InChI is InChI=1S/C21H15F6NOS/c1-10-16(13-6-4-5-7-15(13)28(10)3)18-17(14-8-12(9-29)30-11(14)2)19(22,23)21(26,27)20(18,24)25/h4-9H,1-3H3. The molecule has 2 aromatic heterocycles. The van der Waals surface area contributed by atoms with Crippen molar-refractivity contribution in [1.82, 2.24) is 4.57 Å². The molecule has 9 heteroatoms. The molecule has 0 unspecified atom stereocenters. The van der Waals surface area contributed by atoms with Gasteiger partial charge in [-0.2, -0.15) is 26.3 Å². The topological polar surface area (TPSA) is 22.0 Å². The maximum atomic E-state index is 15.1. The number of halogens is 6. The Hall–Kier alpha value is -2.55. The van der Waals surface area contributed by atoms with Crippen molar-refractivity contribution in [2.45, 2.75) is 31.6 Å². The summed E-state index contributed by atoms with van der Waals surface area (Å²) in [5.41, 5.74) is -3.04. The number of alkyl halides is 6. The molecule has 0 saturated heterocycles. The molecule has 0 spiro atoms. The Balaban J connectivity index is 2.22. The first kappa shape index (κ1) is 20.7. The third-order valence-electron chi connectivity index (χ3n) is 5.64. The fourth-order valence-electron chi connectivity index (χ4n) is 4.06. The van der Waals surface area contributed by atoms with Crippen molar-refractivity contribution in [3.63, 3.8) is 0 Å². The van der Waals surface area contributed by atoms with Gasteiger partial charge in [0.15, 0.2) is 6.29 Å². The molecule has 0 atom stereocenters. The van der Waals surface area contributed by atoms with E-state index in [0.29, 0.717) is 11.8 Å². The number of benzene rings is 1. The zero-order valence-electron chi connectivity index (χ0n) is 16.0. The van der Waals surface area contributed by atoms with Gasteiger partial charge in [-0.3, -0.25) is 4.79 Å². The van der Waals surface area contributed by atoms with Crippen LogP contribution in [0.4, 0.5) is 26.3 Å². The summed E-state index contributed by atoms with van der Waals surface area (Å²) in [5.74, 6) is -15.9. The van der Waals surface area contributed by atoms with Crippen molar-refractivity contribution in [2.75, 3.05) is 0 Å². The number of aromatic nitrogens is 1. The SMILES string of the molecule is Cc1sc(C=O)cc1C1=C(c2c(C)n(C)c3ccccc23)C(F)(F)C(F)(F)C1(F)F. The van der Waals surface area contributed by atoms with Gasteiger partial charge in [0, 0.05) is 45.2 Å². The number of nitrogens with zero attached hydrogens (tertiary/aromatic N) is 1. The molecule has 1 aliphatic rings. The van der Waals surface area contributed by atoms with Gasteiger partial charge in [-0.1, -0.05) is 18.2 Å². The number of hydrogen-bond acceptors (Lipinski definition) is 2. The van der Waals surface area contributed by atoms with Gasteiger partial charge >= 0.3 is 17.8 Å². The van der Waals surface area contributed by atoms with E-state index in [1.165, 1.54) is 30.5 Å². The van der Waals surface area contributed by atoms with E-state index in [4.69, 9.17) is 0 Å². The fourth-order valence-corrected chi connectivity index (χ4v) is 4.91. The molecular formula is C21H15F6NOS. The molecule has 2 heterocycles. The number of rotatable bonds is 3. The van der Waals surface area contributed by atoms with Crippen LogP contribution in [0.1, 0.15) is 31.4 Å². The number of hydrogen-bond donors (Lipinski definition) is 0. The summed E-state index contributed by atoms with van der Waals surface area (Å²) in [4.78, 5) is 11.2. The van der Waals surface area contributed by atoms with Gasteiger partial charge in [-0.15, -0.1) is 11.3 Å². The summed E-state index contributed by atoms with van der Waals surface area (Å²) in [7, 11) is 1.55. The lowest BCUT2D eigenvalue weighted by atomic mass is 9.93. The highest BCUT2D eigenvalue weighted by Gasteiger charge is 2.80. The predicted octanol–water partition coefficient (Wildman–Crippen LogP) is 6.50. The van der Waals surface area contributed by atoms with E-state index in [1.807, 2.05) is 0 Å². The second-order valence-corrected chi connectivity index (χ2v) is 8.53. The number of thiophene rings is 1. The van der Waals surface area contributed by atoms with Gasteiger partial charge in [0.05, 0.1) is 4.88 Å². The van der Waals surface area contributed by atoms with Gasteiger partial charge in [0.1, 0.15) is 0 Å². The van der Waals surface area contributed by atoms with Crippen molar-refractivity contribution >= 4 is 39.7 Å². The second-order valence-electron chi connectivity index (χ2n) is 7.25. The smallest absolute Gasteiger partial charge is 0.347 e. The summed E-state index contributed by atoms with van der Waals surface area (Å²) < 4.78 is 90.6. The van der Waals surface area contributed by atoms with Crippen LogP contribution in [0, 0.1) is 13.8 Å². The Morgan fingerprint density at radius 3 is 2.17 bits per heavy atom. The van der Waals surface area contributed by atoms with Crippen LogP contribution < -0.4 is 0 Å². The molecule has 4 rings (SSSR count). The zero-order valence-corrected chi connectivity index (χ0v) is 16.8. The Labute approximate surface area is 171 Å². The number of para-hydroxylation sites is 1. The van der Waals surface area contributed by atoms with Crippen LogP contribution in [0.15, 0.2) is 30.3 Å². The molecule has 0 saturated carbocycles. The Bertz CT molecular complexity index is 1230. The number of aryl methyl sites for hydroxylation is 2. The molecule has 0 radical (unpaired) electrons. The number of aldehydes is 1. The van der Waals surface area contributed by atoms with Gasteiger partial charge in [0.25, 0.3) is 0 Å². The van der Waals surface area contributed by atoms with Gasteiger partial charge < -0.3 is 4.57 Å². The molecule has 0 N–H and O–H groups in total. The molecule has 3 aromatic rings. The quantitative estimate of drug-likeness (QED) is 0.335. The monoisotopic (exact) mass is 443 g/mol. The third kappa shape index (κ3) is 2.35. The highest BCUT2D eigenvalue weighted by Crippen LogP contribution is 2.66. The summed E-state index contributed by atoms with van der Waals surface area (Å²) in [6.45, 7) is 2.75. The first-order valence-electron chi connectivity index (χ1n) is 8.87. The van der Waals surface area contributed by atoms with E-state index in [1.54, 1.807) is 19.2 Å². The minimum Gasteiger partial charge on any atom is -0.347 e. The average Bonchev–Trinajstić information content (AvgIpc) is 3.20. The molecule has 1 aliphatic carbocycles. The van der Waals surface area contributed by atoms with Crippen molar-refractivity contribution in [2.24, 2.45) is 7.05 Å². The Morgan fingerprint density at radius 1 is 0.967 bits per heavy atom. The third-order valence-corrected chi connectivity index (χ3v) is 6.61. The Kier molecular flexibility index (Phi) is 4.30. The normalized spacial score (nSPS) is 19.6. The van der Waals surface area contributed by atoms with Crippen molar-refractivity contribution in [3.8, 4) is 0 Å². The fraction of sp³-hybridized carbons (Fsp3) is 0.286. The first-order valence-corrected chi connectivity index (χ1v) is 9.68. The van der Waals surface area contributed by atoms with Crippen LogP contribution in [0.25, 0.3) is 22.0 Å². The van der Waals surface area contributed by atoms with E-state index >= 15 is 8.78 Å². The first-order chi connectivity index (χ1) is 13.9. The van der Waals surface area contributed by atoms with Crippen LogP contribution in [0.2, 0.25) is 0 Å². The minimum atomic E-state index is -5.64. The number of carbonyl (C=O) groups is 1. The summed E-state index contributed by atoms with van der Waals surface area (Å²) >= 11 is 0.782. The largest absolute Gasteiger partial charge is 0.380 e. The lowest BCUT2D eigenvalue weighted by molar-refractivity contribution is -0.254. The number of carbonyl (C=O) groups excluding carboxylic acids is 1. The minimum absolute atomic E-state index is 0.0154. The summed E-state index contributed by atoms with van der Waals surface area (Å²) in [5, 5.41) is 0.168. The van der Waals surface area contributed by atoms with Crippen LogP contribution in [-0.4, -0.2) is 28.6 Å². The van der Waals surface area contributed by atoms with Crippen LogP contribution in [0.5, 0.6) is 0 Å². The maximum absolute atomic E-state index is 15.1. The van der Waals surface area contributed by atoms with E-state index in [9.17, 15) is 22.4 Å². The lowest BCUT2D eigenvalue weighted by Gasteiger charge is -2.25. The van der Waals surface area contributed by atoms with Crippen LogP contribution in [0.3, 0.4) is 0 Å². The molecule has 30 heavy (non-hydrogen) atoms. The van der Waals surface area contributed by atoms with Crippen LogP contribution >= 0.6 is 11.3 Å².